The molecule has 2 rings (SSSR count). The Bertz CT molecular complexity index is 366. The first-order valence-corrected chi connectivity index (χ1v) is 7.92. The summed E-state index contributed by atoms with van der Waals surface area (Å²) in [5.41, 5.74) is 5.81. The Labute approximate surface area is 111 Å². The molecule has 4 nitrogen and oxygen atoms in total. The SMILES string of the molecule is CSc1c(N)nsc1NCC1CCCN(C)C1. The molecule has 0 bridgehead atoms. The van der Waals surface area contributed by atoms with Crippen LogP contribution in [-0.4, -0.2) is 42.2 Å². The highest BCUT2D eigenvalue weighted by molar-refractivity contribution is 7.99. The van der Waals surface area contributed by atoms with Crippen LogP contribution in [0.15, 0.2) is 4.90 Å². The van der Waals surface area contributed by atoms with Gasteiger partial charge in [0.1, 0.15) is 5.00 Å². The van der Waals surface area contributed by atoms with Gasteiger partial charge in [-0.2, -0.15) is 4.37 Å². The van der Waals surface area contributed by atoms with E-state index in [-0.39, 0.29) is 0 Å². The fourth-order valence-corrected chi connectivity index (χ4v) is 3.83. The molecule has 0 spiro atoms. The highest BCUT2D eigenvalue weighted by atomic mass is 32.2. The maximum absolute atomic E-state index is 5.81. The van der Waals surface area contributed by atoms with E-state index < -0.39 is 0 Å². The molecule has 1 unspecified atom stereocenters. The van der Waals surface area contributed by atoms with Gasteiger partial charge in [0.05, 0.1) is 4.90 Å². The van der Waals surface area contributed by atoms with Crippen LogP contribution >= 0.6 is 23.3 Å². The lowest BCUT2D eigenvalue weighted by Crippen LogP contribution is -2.35. The Morgan fingerprint density at radius 3 is 3.18 bits per heavy atom. The second kappa shape index (κ2) is 5.93. The standard InChI is InChI=1S/C11H20N4S2/c1-15-5-3-4-8(7-15)6-13-11-9(16-2)10(12)14-17-11/h8,13H,3-7H2,1-2H3,(H2,12,14). The molecule has 0 amide bonds. The third-order valence-electron chi connectivity index (χ3n) is 3.15. The highest BCUT2D eigenvalue weighted by Crippen LogP contribution is 2.34. The van der Waals surface area contributed by atoms with Crippen LogP contribution in [0.5, 0.6) is 0 Å². The fourth-order valence-electron chi connectivity index (χ4n) is 2.28. The molecule has 0 aliphatic carbocycles. The Morgan fingerprint density at radius 1 is 1.65 bits per heavy atom. The summed E-state index contributed by atoms with van der Waals surface area (Å²) in [7, 11) is 2.20. The molecular weight excluding hydrogens is 252 g/mol. The largest absolute Gasteiger partial charge is 0.382 e. The van der Waals surface area contributed by atoms with Gasteiger partial charge in [0.15, 0.2) is 5.82 Å². The van der Waals surface area contributed by atoms with Crippen molar-refractivity contribution < 1.29 is 0 Å². The Kier molecular flexibility index (Phi) is 4.53. The molecule has 3 N–H and O–H groups in total. The van der Waals surface area contributed by atoms with Crippen molar-refractivity contribution in [2.24, 2.45) is 5.92 Å². The molecule has 2 heterocycles. The molecule has 17 heavy (non-hydrogen) atoms. The number of piperidine rings is 1. The third-order valence-corrected chi connectivity index (χ3v) is 4.92. The Hall–Kier alpha value is -0.460. The van der Waals surface area contributed by atoms with Crippen LogP contribution in [-0.2, 0) is 0 Å². The average Bonchev–Trinajstić information content (AvgIpc) is 2.67. The van der Waals surface area contributed by atoms with E-state index in [4.69, 9.17) is 5.73 Å². The summed E-state index contributed by atoms with van der Waals surface area (Å²) >= 11 is 3.14. The molecule has 0 saturated carbocycles. The molecule has 1 fully saturated rings. The van der Waals surface area contributed by atoms with E-state index in [0.29, 0.717) is 5.82 Å². The highest BCUT2D eigenvalue weighted by Gasteiger charge is 2.18. The lowest BCUT2D eigenvalue weighted by atomic mass is 9.99. The Morgan fingerprint density at radius 2 is 2.47 bits per heavy atom. The number of thioether (sulfide) groups is 1. The number of nitrogens with zero attached hydrogens (tertiary/aromatic N) is 2. The predicted molar refractivity (Wildman–Crippen MR) is 77.0 cm³/mol. The van der Waals surface area contributed by atoms with Gasteiger partial charge in [0.2, 0.25) is 0 Å². The van der Waals surface area contributed by atoms with Gasteiger partial charge in [-0.3, -0.25) is 0 Å². The second-order valence-corrected chi connectivity index (χ2v) is 6.17. The van der Waals surface area contributed by atoms with Gasteiger partial charge in [-0.25, -0.2) is 0 Å². The summed E-state index contributed by atoms with van der Waals surface area (Å²) in [5.74, 6) is 1.40. The van der Waals surface area contributed by atoms with Gasteiger partial charge < -0.3 is 16.0 Å². The first-order chi connectivity index (χ1) is 8.20. The van der Waals surface area contributed by atoms with Crippen LogP contribution in [0.3, 0.4) is 0 Å². The molecule has 1 aromatic rings. The zero-order valence-corrected chi connectivity index (χ0v) is 12.0. The van der Waals surface area contributed by atoms with E-state index in [0.717, 1.165) is 22.4 Å². The first kappa shape index (κ1) is 13.0. The number of aromatic nitrogens is 1. The Balaban J connectivity index is 1.88. The van der Waals surface area contributed by atoms with Crippen molar-refractivity contribution in [1.82, 2.24) is 9.27 Å². The topological polar surface area (TPSA) is 54.2 Å². The van der Waals surface area contributed by atoms with Gasteiger partial charge in [-0.15, -0.1) is 11.8 Å². The number of nitrogens with two attached hydrogens (primary N) is 1. The zero-order chi connectivity index (χ0) is 12.3. The number of nitrogens with one attached hydrogen (secondary N) is 1. The van der Waals surface area contributed by atoms with E-state index in [1.165, 1.54) is 37.5 Å². The van der Waals surface area contributed by atoms with E-state index in [2.05, 4.69) is 21.6 Å². The first-order valence-electron chi connectivity index (χ1n) is 5.92. The zero-order valence-electron chi connectivity index (χ0n) is 10.4. The molecule has 1 saturated heterocycles. The predicted octanol–water partition coefficient (Wildman–Crippen LogP) is 2.20. The van der Waals surface area contributed by atoms with Crippen molar-refractivity contribution in [2.75, 3.05) is 44.0 Å². The van der Waals surface area contributed by atoms with Crippen molar-refractivity contribution >= 4 is 34.1 Å². The van der Waals surface area contributed by atoms with Crippen molar-refractivity contribution in [3.05, 3.63) is 0 Å². The molecule has 0 aromatic carbocycles. The molecule has 1 atom stereocenters. The van der Waals surface area contributed by atoms with Crippen LogP contribution in [0, 0.1) is 5.92 Å². The van der Waals surface area contributed by atoms with Gasteiger partial charge in [0, 0.05) is 13.1 Å². The van der Waals surface area contributed by atoms with Crippen molar-refractivity contribution in [3.8, 4) is 0 Å². The second-order valence-electron chi connectivity index (χ2n) is 4.58. The van der Waals surface area contributed by atoms with Crippen molar-refractivity contribution in [1.29, 1.82) is 0 Å². The van der Waals surface area contributed by atoms with Crippen LogP contribution in [0.4, 0.5) is 10.8 Å². The summed E-state index contributed by atoms with van der Waals surface area (Å²) in [6.07, 6.45) is 4.67. The lowest BCUT2D eigenvalue weighted by molar-refractivity contribution is 0.217. The van der Waals surface area contributed by atoms with Crippen molar-refractivity contribution in [2.45, 2.75) is 17.7 Å². The average molecular weight is 272 g/mol. The van der Waals surface area contributed by atoms with Gasteiger partial charge in [-0.05, 0) is 50.1 Å². The van der Waals surface area contributed by atoms with E-state index in [1.807, 2.05) is 6.26 Å². The number of hydrogen-bond acceptors (Lipinski definition) is 6. The van der Waals surface area contributed by atoms with Crippen molar-refractivity contribution in [3.63, 3.8) is 0 Å². The molecular formula is C11H20N4S2. The van der Waals surface area contributed by atoms with Gasteiger partial charge in [0.25, 0.3) is 0 Å². The number of nitrogen functional groups attached to an aromatic ring is 1. The minimum absolute atomic E-state index is 0.658. The molecule has 1 aliphatic heterocycles. The molecule has 96 valence electrons. The molecule has 1 aromatic heterocycles. The van der Waals surface area contributed by atoms with Gasteiger partial charge >= 0.3 is 0 Å². The number of hydrogen-bond donors (Lipinski definition) is 2. The van der Waals surface area contributed by atoms with Crippen LogP contribution < -0.4 is 11.1 Å². The molecule has 1 aliphatic rings. The van der Waals surface area contributed by atoms with E-state index >= 15 is 0 Å². The van der Waals surface area contributed by atoms with Crippen LogP contribution in [0.25, 0.3) is 0 Å². The number of rotatable bonds is 4. The van der Waals surface area contributed by atoms with Crippen LogP contribution in [0.1, 0.15) is 12.8 Å². The maximum Gasteiger partial charge on any atom is 0.153 e. The number of likely N-dealkylation sites (tertiary alicyclic amines) is 1. The fraction of sp³-hybridized carbons (Fsp3) is 0.727. The normalized spacial score (nSPS) is 21.6. The third kappa shape index (κ3) is 3.26. The number of anilines is 2. The van der Waals surface area contributed by atoms with Gasteiger partial charge in [-0.1, -0.05) is 0 Å². The maximum atomic E-state index is 5.81. The molecule has 0 radical (unpaired) electrons. The minimum Gasteiger partial charge on any atom is -0.382 e. The molecule has 6 heteroatoms. The lowest BCUT2D eigenvalue weighted by Gasteiger charge is -2.29. The monoisotopic (exact) mass is 272 g/mol. The van der Waals surface area contributed by atoms with E-state index in [1.54, 1.807) is 11.8 Å². The summed E-state index contributed by atoms with van der Waals surface area (Å²) < 4.78 is 4.19. The van der Waals surface area contributed by atoms with Crippen LogP contribution in [0.2, 0.25) is 0 Å². The summed E-state index contributed by atoms with van der Waals surface area (Å²) in [6, 6.07) is 0. The smallest absolute Gasteiger partial charge is 0.153 e. The summed E-state index contributed by atoms with van der Waals surface area (Å²) in [5, 5.41) is 4.63. The van der Waals surface area contributed by atoms with E-state index in [9.17, 15) is 0 Å². The summed E-state index contributed by atoms with van der Waals surface area (Å²) in [4.78, 5) is 3.51. The summed E-state index contributed by atoms with van der Waals surface area (Å²) in [6.45, 7) is 3.45. The minimum atomic E-state index is 0.658. The quantitative estimate of drug-likeness (QED) is 0.823.